The molecule has 148 valence electrons. The summed E-state index contributed by atoms with van der Waals surface area (Å²) in [5, 5.41) is 4.79. The highest BCUT2D eigenvalue weighted by Crippen LogP contribution is 2.32. The first-order valence-electron chi connectivity index (χ1n) is 8.40. The fourth-order valence-electron chi connectivity index (χ4n) is 3.21. The average molecular weight is 431 g/mol. The molecule has 0 radical (unpaired) electrons. The molecule has 0 bridgehead atoms. The van der Waals surface area contributed by atoms with Crippen molar-refractivity contribution in [3.8, 4) is 0 Å². The van der Waals surface area contributed by atoms with E-state index in [-0.39, 0.29) is 29.1 Å². The van der Waals surface area contributed by atoms with Crippen molar-refractivity contribution < 1.29 is 13.2 Å². The Kier molecular flexibility index (Phi) is 6.85. The highest BCUT2D eigenvalue weighted by atomic mass is 35.5. The molecular formula is C17H23ClN4O3S2. The van der Waals surface area contributed by atoms with Crippen molar-refractivity contribution in [1.82, 2.24) is 4.98 Å². The zero-order chi connectivity index (χ0) is 18.8. The molecule has 10 heteroatoms. The van der Waals surface area contributed by atoms with Gasteiger partial charge in [-0.3, -0.25) is 9.52 Å². The lowest BCUT2D eigenvalue weighted by molar-refractivity contribution is -0.122. The molecule has 27 heavy (non-hydrogen) atoms. The smallest absolute Gasteiger partial charge is 0.263 e. The number of anilines is 2. The zero-order valence-corrected chi connectivity index (χ0v) is 17.3. The number of thiazole rings is 1. The topological polar surface area (TPSA) is 114 Å². The van der Waals surface area contributed by atoms with Gasteiger partial charge in [-0.1, -0.05) is 18.9 Å². The third-order valence-corrected chi connectivity index (χ3v) is 6.79. The van der Waals surface area contributed by atoms with E-state index in [1.807, 2.05) is 6.92 Å². The molecular weight excluding hydrogens is 408 g/mol. The molecule has 4 N–H and O–H groups in total. The Morgan fingerprint density at radius 2 is 2.15 bits per heavy atom. The lowest BCUT2D eigenvalue weighted by Crippen LogP contribution is -2.51. The van der Waals surface area contributed by atoms with Crippen molar-refractivity contribution in [2.24, 2.45) is 11.7 Å². The molecule has 0 saturated heterocycles. The molecule has 1 aromatic carbocycles. The molecule has 7 nitrogen and oxygen atoms in total. The van der Waals surface area contributed by atoms with Crippen LogP contribution in [0, 0.1) is 5.92 Å². The van der Waals surface area contributed by atoms with Gasteiger partial charge in [0.1, 0.15) is 0 Å². The van der Waals surface area contributed by atoms with Gasteiger partial charge in [0.25, 0.3) is 10.0 Å². The number of benzene rings is 1. The number of nitrogens with two attached hydrogens (primary N) is 1. The number of carbonyl (C=O) groups is 1. The van der Waals surface area contributed by atoms with Crippen LogP contribution in [0.5, 0.6) is 0 Å². The monoisotopic (exact) mass is 430 g/mol. The molecule has 1 heterocycles. The molecule has 1 aliphatic rings. The molecule has 1 amide bonds. The molecule has 2 atom stereocenters. The summed E-state index contributed by atoms with van der Waals surface area (Å²) in [6.45, 7) is 1.90. The number of nitrogens with zero attached hydrogens (tertiary/aromatic N) is 1. The van der Waals surface area contributed by atoms with Gasteiger partial charge in [-0.2, -0.15) is 0 Å². The maximum Gasteiger partial charge on any atom is 0.263 e. The van der Waals surface area contributed by atoms with E-state index >= 15 is 0 Å². The van der Waals surface area contributed by atoms with Crippen LogP contribution in [0.25, 0.3) is 0 Å². The highest BCUT2D eigenvalue weighted by molar-refractivity contribution is 7.93. The van der Waals surface area contributed by atoms with E-state index in [0.29, 0.717) is 10.8 Å². The van der Waals surface area contributed by atoms with Crippen LogP contribution < -0.4 is 15.8 Å². The Labute approximate surface area is 169 Å². The zero-order valence-electron chi connectivity index (χ0n) is 14.8. The van der Waals surface area contributed by atoms with Crippen LogP contribution in [0.15, 0.2) is 40.7 Å². The Balaban J connectivity index is 0.00000261. The van der Waals surface area contributed by atoms with Crippen LogP contribution in [-0.2, 0) is 14.8 Å². The molecule has 0 spiro atoms. The van der Waals surface area contributed by atoms with Gasteiger partial charge in [0, 0.05) is 22.8 Å². The number of carbonyl (C=O) groups excluding carboxylic acids is 1. The second-order valence-electron chi connectivity index (χ2n) is 6.76. The number of nitrogens with one attached hydrogen (secondary N) is 2. The Bertz CT molecular complexity index is 885. The Hall–Kier alpha value is -1.68. The lowest BCUT2D eigenvalue weighted by atomic mass is 9.74. The van der Waals surface area contributed by atoms with Gasteiger partial charge in [-0.25, -0.2) is 13.4 Å². The van der Waals surface area contributed by atoms with Crippen molar-refractivity contribution >= 4 is 50.5 Å². The second-order valence-corrected chi connectivity index (χ2v) is 9.34. The summed E-state index contributed by atoms with van der Waals surface area (Å²) >= 11 is 1.19. The number of hydrogen-bond acceptors (Lipinski definition) is 6. The number of hydrogen-bond donors (Lipinski definition) is 3. The van der Waals surface area contributed by atoms with Gasteiger partial charge < -0.3 is 11.1 Å². The van der Waals surface area contributed by atoms with E-state index in [2.05, 4.69) is 15.0 Å². The third-order valence-electron chi connectivity index (χ3n) is 4.64. The second kappa shape index (κ2) is 8.55. The maximum absolute atomic E-state index is 12.6. The van der Waals surface area contributed by atoms with Crippen LogP contribution >= 0.6 is 23.7 Å². The maximum atomic E-state index is 12.6. The number of amides is 1. The van der Waals surface area contributed by atoms with E-state index in [0.717, 1.165) is 25.7 Å². The predicted octanol–water partition coefficient (Wildman–Crippen LogP) is 3.21. The molecule has 2 unspecified atom stereocenters. The minimum absolute atomic E-state index is 0. The summed E-state index contributed by atoms with van der Waals surface area (Å²) in [7, 11) is -3.77. The molecule has 0 aliphatic heterocycles. The normalized spacial score (nSPS) is 22.5. The quantitative estimate of drug-likeness (QED) is 0.673. The van der Waals surface area contributed by atoms with Gasteiger partial charge in [-0.15, -0.1) is 23.7 Å². The van der Waals surface area contributed by atoms with Gasteiger partial charge >= 0.3 is 0 Å². The van der Waals surface area contributed by atoms with E-state index < -0.39 is 15.6 Å². The molecule has 1 aromatic heterocycles. The molecule has 2 aromatic rings. The number of sulfonamides is 1. The highest BCUT2D eigenvalue weighted by Gasteiger charge is 2.37. The summed E-state index contributed by atoms with van der Waals surface area (Å²) in [5.41, 5.74) is 6.16. The summed E-state index contributed by atoms with van der Waals surface area (Å²) in [5.74, 6) is -0.456. The van der Waals surface area contributed by atoms with Crippen LogP contribution in [-0.4, -0.2) is 24.8 Å². The molecule has 3 rings (SSSR count). The standard InChI is InChI=1S/C17H22N4O3S2.ClH/c1-17(18)8-3-2-7-14(17)15(22)20-12-5-4-6-13(11-12)26(23,24)21-16-19-9-10-25-16;/h4-6,9-11,14H,2-3,7-8,18H2,1H3,(H,19,21)(H,20,22);1H. The largest absolute Gasteiger partial charge is 0.326 e. The fraction of sp³-hybridized carbons (Fsp3) is 0.412. The summed E-state index contributed by atoms with van der Waals surface area (Å²) in [6.07, 6.45) is 5.05. The van der Waals surface area contributed by atoms with Crippen LogP contribution in [0.3, 0.4) is 0 Å². The van der Waals surface area contributed by atoms with E-state index in [1.165, 1.54) is 29.7 Å². The van der Waals surface area contributed by atoms with Crippen molar-refractivity contribution in [3.63, 3.8) is 0 Å². The number of aromatic nitrogens is 1. The van der Waals surface area contributed by atoms with E-state index in [1.54, 1.807) is 17.5 Å². The summed E-state index contributed by atoms with van der Waals surface area (Å²) in [6, 6.07) is 6.16. The van der Waals surface area contributed by atoms with Gasteiger partial charge in [0.2, 0.25) is 5.91 Å². The molecule has 1 aliphatic carbocycles. The van der Waals surface area contributed by atoms with Gasteiger partial charge in [0.15, 0.2) is 5.13 Å². The minimum Gasteiger partial charge on any atom is -0.326 e. The van der Waals surface area contributed by atoms with Crippen LogP contribution in [0.1, 0.15) is 32.6 Å². The SMILES string of the molecule is CC1(N)CCCCC1C(=O)Nc1cccc(S(=O)(=O)Nc2nccs2)c1.Cl. The van der Waals surface area contributed by atoms with E-state index in [9.17, 15) is 13.2 Å². The third kappa shape index (κ3) is 5.19. The van der Waals surface area contributed by atoms with E-state index in [4.69, 9.17) is 5.73 Å². The van der Waals surface area contributed by atoms with Crippen LogP contribution in [0.2, 0.25) is 0 Å². The van der Waals surface area contributed by atoms with Crippen LogP contribution in [0.4, 0.5) is 10.8 Å². The Morgan fingerprint density at radius 1 is 1.37 bits per heavy atom. The van der Waals surface area contributed by atoms with Crippen molar-refractivity contribution in [2.75, 3.05) is 10.0 Å². The van der Waals surface area contributed by atoms with Crippen molar-refractivity contribution in [3.05, 3.63) is 35.8 Å². The van der Waals surface area contributed by atoms with Gasteiger partial charge in [0.05, 0.1) is 10.8 Å². The summed E-state index contributed by atoms with van der Waals surface area (Å²) in [4.78, 5) is 16.6. The van der Waals surface area contributed by atoms with Crippen molar-refractivity contribution in [2.45, 2.75) is 43.0 Å². The number of halogens is 1. The first-order chi connectivity index (χ1) is 12.3. The van der Waals surface area contributed by atoms with Gasteiger partial charge in [-0.05, 0) is 38.0 Å². The first-order valence-corrected chi connectivity index (χ1v) is 10.8. The predicted molar refractivity (Wildman–Crippen MR) is 110 cm³/mol. The lowest BCUT2D eigenvalue weighted by Gasteiger charge is -2.37. The molecule has 1 saturated carbocycles. The average Bonchev–Trinajstić information content (AvgIpc) is 3.07. The summed E-state index contributed by atoms with van der Waals surface area (Å²) < 4.78 is 27.3. The fourth-order valence-corrected chi connectivity index (χ4v) is 5.04. The minimum atomic E-state index is -3.77. The Morgan fingerprint density at radius 3 is 2.81 bits per heavy atom. The molecule has 1 fully saturated rings. The number of rotatable bonds is 5. The first kappa shape index (κ1) is 21.6. The van der Waals surface area contributed by atoms with Crippen molar-refractivity contribution in [1.29, 1.82) is 0 Å².